The molecule has 0 unspecified atom stereocenters. The third-order valence-electron chi connectivity index (χ3n) is 2.98. The van der Waals surface area contributed by atoms with Crippen molar-refractivity contribution >= 4 is 23.6 Å². The van der Waals surface area contributed by atoms with E-state index in [0.717, 1.165) is 0 Å². The number of rotatable bonds is 5. The molecule has 0 N–H and O–H groups in total. The van der Waals surface area contributed by atoms with Crippen molar-refractivity contribution in [1.29, 1.82) is 10.5 Å². The van der Waals surface area contributed by atoms with Gasteiger partial charge in [0.2, 0.25) is 0 Å². The van der Waals surface area contributed by atoms with Crippen molar-refractivity contribution in [3.63, 3.8) is 0 Å². The van der Waals surface area contributed by atoms with Crippen molar-refractivity contribution < 1.29 is 9.90 Å². The van der Waals surface area contributed by atoms with Gasteiger partial charge >= 0.3 is 0 Å². The van der Waals surface area contributed by atoms with Crippen molar-refractivity contribution in [3.05, 3.63) is 46.6 Å². The summed E-state index contributed by atoms with van der Waals surface area (Å²) >= 11 is 5.97. The largest absolute Gasteiger partial charge is 0.544 e. The van der Waals surface area contributed by atoms with Crippen LogP contribution in [0.15, 0.2) is 36.0 Å². The molecule has 0 saturated heterocycles. The van der Waals surface area contributed by atoms with Gasteiger partial charge in [0.25, 0.3) is 0 Å². The molecule has 0 spiro atoms. The fraction of sp³-hybridized carbons (Fsp3) is 0.125. The number of halogens is 1. The monoisotopic (exact) mass is 325 g/mol. The van der Waals surface area contributed by atoms with Gasteiger partial charge in [0.05, 0.1) is 36.3 Å². The highest BCUT2D eigenvalue weighted by Gasteiger charge is 2.11. The van der Waals surface area contributed by atoms with Crippen molar-refractivity contribution in [2.24, 2.45) is 0 Å². The van der Waals surface area contributed by atoms with E-state index in [-0.39, 0.29) is 6.42 Å². The minimum Gasteiger partial charge on any atom is -0.544 e. The van der Waals surface area contributed by atoms with Crippen LogP contribution in [-0.4, -0.2) is 15.7 Å². The van der Waals surface area contributed by atoms with Gasteiger partial charge in [-0.05, 0) is 18.2 Å². The van der Waals surface area contributed by atoms with Gasteiger partial charge in [0.1, 0.15) is 6.07 Å². The average Bonchev–Trinajstić information content (AvgIpc) is 2.93. The first kappa shape index (κ1) is 16.3. The number of aromatic nitrogens is 2. The van der Waals surface area contributed by atoms with Gasteiger partial charge in [0, 0.05) is 22.3 Å². The first-order valence-corrected chi connectivity index (χ1v) is 6.96. The van der Waals surface area contributed by atoms with E-state index in [1.165, 1.54) is 10.8 Å². The summed E-state index contributed by atoms with van der Waals surface area (Å²) in [4.78, 5) is 10.9. The summed E-state index contributed by atoms with van der Waals surface area (Å²) in [5.41, 5.74) is 1.08. The SMILES string of the molecule is N#CCCn1cc(/C=C(\C#N)C(=O)[O-])c(-c2cccc(Cl)c2)n1. The van der Waals surface area contributed by atoms with Gasteiger partial charge in [-0.2, -0.15) is 15.6 Å². The van der Waals surface area contributed by atoms with Crippen LogP contribution in [0.1, 0.15) is 12.0 Å². The van der Waals surface area contributed by atoms with E-state index >= 15 is 0 Å². The standard InChI is InChI=1S/C16H11ClN4O2/c17-14-4-1-3-11(8-14)15-13(7-12(9-19)16(22)23)10-21(20-15)6-2-5-18/h1,3-4,7-8,10H,2,6H2,(H,22,23)/p-1/b12-7+. The number of carboxylic acids is 1. The number of aryl methyl sites for hydroxylation is 1. The highest BCUT2D eigenvalue weighted by Crippen LogP contribution is 2.26. The third-order valence-corrected chi connectivity index (χ3v) is 3.22. The molecule has 1 aromatic carbocycles. The quantitative estimate of drug-likeness (QED) is 0.615. The molecule has 7 heteroatoms. The maximum Gasteiger partial charge on any atom is 0.101 e. The maximum absolute atomic E-state index is 10.9. The van der Waals surface area contributed by atoms with Crippen molar-refractivity contribution in [2.75, 3.05) is 0 Å². The first-order chi connectivity index (χ1) is 11.0. The van der Waals surface area contributed by atoms with Crippen LogP contribution in [0.25, 0.3) is 17.3 Å². The maximum atomic E-state index is 10.9. The normalized spacial score (nSPS) is 10.8. The van der Waals surface area contributed by atoms with Gasteiger partial charge in [-0.15, -0.1) is 0 Å². The summed E-state index contributed by atoms with van der Waals surface area (Å²) in [5, 5.41) is 33.3. The zero-order chi connectivity index (χ0) is 16.8. The van der Waals surface area contributed by atoms with Crippen LogP contribution in [0.3, 0.4) is 0 Å². The molecule has 0 aliphatic heterocycles. The Balaban J connectivity index is 2.56. The molecule has 6 nitrogen and oxygen atoms in total. The number of carbonyl (C=O) groups is 1. The van der Waals surface area contributed by atoms with E-state index < -0.39 is 11.5 Å². The number of hydrogen-bond acceptors (Lipinski definition) is 5. The Labute approximate surface area is 137 Å². The Morgan fingerprint density at radius 2 is 2.22 bits per heavy atom. The second-order valence-corrected chi connectivity index (χ2v) is 5.01. The molecule has 0 bridgehead atoms. The fourth-order valence-electron chi connectivity index (χ4n) is 1.97. The fourth-order valence-corrected chi connectivity index (χ4v) is 2.16. The average molecular weight is 326 g/mol. The summed E-state index contributed by atoms with van der Waals surface area (Å²) in [6.45, 7) is 0.352. The van der Waals surface area contributed by atoms with Crippen LogP contribution in [0, 0.1) is 22.7 Å². The third kappa shape index (κ3) is 3.97. The zero-order valence-corrected chi connectivity index (χ0v) is 12.6. The molecule has 0 aliphatic carbocycles. The van der Waals surface area contributed by atoms with Gasteiger partial charge in [0.15, 0.2) is 0 Å². The van der Waals surface area contributed by atoms with Crippen LogP contribution >= 0.6 is 11.6 Å². The second kappa shape index (κ2) is 7.26. The predicted molar refractivity (Wildman–Crippen MR) is 81.5 cm³/mol. The number of aliphatic carboxylic acids is 1. The number of carboxylic acid groups (broad SMARTS) is 1. The van der Waals surface area contributed by atoms with E-state index in [1.807, 2.05) is 6.07 Å². The van der Waals surface area contributed by atoms with Crippen molar-refractivity contribution in [3.8, 4) is 23.4 Å². The van der Waals surface area contributed by atoms with Crippen LogP contribution in [-0.2, 0) is 11.3 Å². The summed E-state index contributed by atoms with van der Waals surface area (Å²) in [7, 11) is 0. The first-order valence-electron chi connectivity index (χ1n) is 6.58. The molecular weight excluding hydrogens is 316 g/mol. The number of benzene rings is 1. The number of hydrogen-bond donors (Lipinski definition) is 0. The second-order valence-electron chi connectivity index (χ2n) is 4.57. The summed E-state index contributed by atoms with van der Waals surface area (Å²) in [6.07, 6.45) is 3.03. The van der Waals surface area contributed by atoms with E-state index in [1.54, 1.807) is 36.5 Å². The Kier molecular flexibility index (Phi) is 5.14. The van der Waals surface area contributed by atoms with Crippen LogP contribution in [0.2, 0.25) is 5.02 Å². The zero-order valence-electron chi connectivity index (χ0n) is 11.9. The molecule has 0 fully saturated rings. The lowest BCUT2D eigenvalue weighted by Crippen LogP contribution is -2.23. The lowest BCUT2D eigenvalue weighted by Gasteiger charge is -2.01. The Morgan fingerprint density at radius 3 is 2.83 bits per heavy atom. The smallest absolute Gasteiger partial charge is 0.101 e. The van der Waals surface area contributed by atoms with Crippen LogP contribution < -0.4 is 5.11 Å². The van der Waals surface area contributed by atoms with E-state index in [2.05, 4.69) is 5.10 Å². The molecule has 0 aliphatic rings. The summed E-state index contributed by atoms with van der Waals surface area (Å²) in [6, 6.07) is 10.5. The highest BCUT2D eigenvalue weighted by molar-refractivity contribution is 6.30. The Morgan fingerprint density at radius 1 is 1.43 bits per heavy atom. The molecular formula is C16H10ClN4O2-. The summed E-state index contributed by atoms with van der Waals surface area (Å²) < 4.78 is 1.52. The Bertz CT molecular complexity index is 856. The molecule has 2 rings (SSSR count). The van der Waals surface area contributed by atoms with Crippen LogP contribution in [0.4, 0.5) is 0 Å². The molecule has 23 heavy (non-hydrogen) atoms. The highest BCUT2D eigenvalue weighted by atomic mass is 35.5. The molecule has 0 atom stereocenters. The molecule has 0 saturated carbocycles. The van der Waals surface area contributed by atoms with Crippen LogP contribution in [0.5, 0.6) is 0 Å². The van der Waals surface area contributed by atoms with Gasteiger partial charge < -0.3 is 9.90 Å². The Hall–Kier alpha value is -3.09. The minimum absolute atomic E-state index is 0.255. The van der Waals surface area contributed by atoms with E-state index in [4.69, 9.17) is 22.1 Å². The molecule has 1 aromatic heterocycles. The molecule has 0 amide bonds. The van der Waals surface area contributed by atoms with E-state index in [9.17, 15) is 9.90 Å². The van der Waals surface area contributed by atoms with Crippen molar-refractivity contribution in [2.45, 2.75) is 13.0 Å². The predicted octanol–water partition coefficient (Wildman–Crippen LogP) is 1.77. The summed E-state index contributed by atoms with van der Waals surface area (Å²) in [5.74, 6) is -1.56. The van der Waals surface area contributed by atoms with Gasteiger partial charge in [-0.1, -0.05) is 23.7 Å². The molecule has 0 radical (unpaired) electrons. The van der Waals surface area contributed by atoms with Crippen molar-refractivity contribution in [1.82, 2.24) is 9.78 Å². The molecule has 1 heterocycles. The minimum atomic E-state index is -1.56. The molecule has 2 aromatic rings. The number of nitrogens with zero attached hydrogens (tertiary/aromatic N) is 4. The molecule has 114 valence electrons. The number of carbonyl (C=O) groups excluding carboxylic acids is 1. The van der Waals surface area contributed by atoms with E-state index in [0.29, 0.717) is 28.4 Å². The lowest BCUT2D eigenvalue weighted by molar-refractivity contribution is -0.298. The number of nitriles is 2. The van der Waals surface area contributed by atoms with Gasteiger partial charge in [-0.3, -0.25) is 4.68 Å². The van der Waals surface area contributed by atoms with Gasteiger partial charge in [-0.25, -0.2) is 0 Å². The lowest BCUT2D eigenvalue weighted by atomic mass is 10.1. The topological polar surface area (TPSA) is 106 Å².